The van der Waals surface area contributed by atoms with Gasteiger partial charge in [0.05, 0.1) is 10.4 Å². The van der Waals surface area contributed by atoms with Crippen molar-refractivity contribution in [3.05, 3.63) is 46.1 Å². The van der Waals surface area contributed by atoms with E-state index in [1.165, 1.54) is 19.3 Å². The first-order chi connectivity index (χ1) is 16.6. The standard InChI is InChI=1S/C26H38N4O4S/c1-6-7-8-9-10-11-14-28-25(33)30-23-20(24(32)34-26(3,4)5)18(2)21(35-23)22(31)29-17-19-12-15-27-16-13-19/h12-13,15-16H,6-11,14,17H2,1-5H3,(H,29,31)(H2,28,30,33). The van der Waals surface area contributed by atoms with Crippen LogP contribution in [0.25, 0.3) is 0 Å². The second-order valence-electron chi connectivity index (χ2n) is 9.45. The first kappa shape index (κ1) is 28.3. The highest BCUT2D eigenvalue weighted by Crippen LogP contribution is 2.34. The average Bonchev–Trinajstić information content (AvgIpc) is 3.12. The van der Waals surface area contributed by atoms with Gasteiger partial charge in [0.15, 0.2) is 0 Å². The van der Waals surface area contributed by atoms with Crippen LogP contribution >= 0.6 is 11.3 Å². The third-order valence-corrected chi connectivity index (χ3v) is 6.41. The Bertz CT molecular complexity index is 983. The molecule has 2 aromatic rings. The SMILES string of the molecule is CCCCCCCCNC(=O)Nc1sc(C(=O)NCc2ccncc2)c(C)c1C(=O)OC(C)(C)C. The van der Waals surface area contributed by atoms with Crippen LogP contribution in [-0.4, -0.2) is 35.0 Å². The zero-order valence-electron chi connectivity index (χ0n) is 21.5. The molecule has 0 bridgehead atoms. The predicted molar refractivity (Wildman–Crippen MR) is 140 cm³/mol. The Labute approximate surface area is 212 Å². The molecule has 2 rings (SSSR count). The molecule has 2 aromatic heterocycles. The number of esters is 1. The van der Waals surface area contributed by atoms with Gasteiger partial charge in [0.2, 0.25) is 0 Å². The minimum absolute atomic E-state index is 0.203. The fourth-order valence-electron chi connectivity index (χ4n) is 3.41. The predicted octanol–water partition coefficient (Wildman–Crippen LogP) is 5.82. The number of hydrogen-bond donors (Lipinski definition) is 3. The molecule has 0 aliphatic carbocycles. The fourth-order valence-corrected chi connectivity index (χ4v) is 4.52. The lowest BCUT2D eigenvalue weighted by Crippen LogP contribution is -2.30. The monoisotopic (exact) mass is 502 g/mol. The van der Waals surface area contributed by atoms with E-state index in [0.29, 0.717) is 28.5 Å². The number of rotatable bonds is 12. The Morgan fingerprint density at radius 3 is 2.31 bits per heavy atom. The van der Waals surface area contributed by atoms with E-state index in [4.69, 9.17) is 4.74 Å². The molecule has 192 valence electrons. The van der Waals surface area contributed by atoms with E-state index in [1.54, 1.807) is 40.1 Å². The molecule has 2 heterocycles. The minimum atomic E-state index is -0.716. The molecule has 0 aliphatic heterocycles. The Morgan fingerprint density at radius 1 is 1.00 bits per heavy atom. The number of thiophene rings is 1. The zero-order chi connectivity index (χ0) is 25.8. The summed E-state index contributed by atoms with van der Waals surface area (Å²) in [4.78, 5) is 42.7. The molecule has 35 heavy (non-hydrogen) atoms. The number of nitrogens with zero attached hydrogens (tertiary/aromatic N) is 1. The van der Waals surface area contributed by atoms with Gasteiger partial charge in [-0.3, -0.25) is 15.1 Å². The number of hydrogen-bond acceptors (Lipinski definition) is 6. The number of pyridine rings is 1. The van der Waals surface area contributed by atoms with Crippen molar-refractivity contribution in [1.29, 1.82) is 0 Å². The summed E-state index contributed by atoms with van der Waals surface area (Å²) in [5.41, 5.74) is 0.866. The molecule has 0 aliphatic rings. The fraction of sp³-hybridized carbons (Fsp3) is 0.538. The Kier molecular flexibility index (Phi) is 11.2. The van der Waals surface area contributed by atoms with E-state index in [-0.39, 0.29) is 11.5 Å². The second-order valence-corrected chi connectivity index (χ2v) is 10.5. The highest BCUT2D eigenvalue weighted by atomic mass is 32.1. The highest BCUT2D eigenvalue weighted by Gasteiger charge is 2.29. The van der Waals surface area contributed by atoms with Gasteiger partial charge in [-0.2, -0.15) is 0 Å². The van der Waals surface area contributed by atoms with E-state index in [2.05, 4.69) is 27.9 Å². The van der Waals surface area contributed by atoms with Crippen molar-refractivity contribution in [2.45, 2.75) is 85.3 Å². The summed E-state index contributed by atoms with van der Waals surface area (Å²) in [5.74, 6) is -0.902. The van der Waals surface area contributed by atoms with Crippen LogP contribution in [0.3, 0.4) is 0 Å². The van der Waals surface area contributed by atoms with E-state index >= 15 is 0 Å². The van der Waals surface area contributed by atoms with Crippen LogP contribution in [0, 0.1) is 6.92 Å². The number of aromatic nitrogens is 1. The van der Waals surface area contributed by atoms with Crippen molar-refractivity contribution in [2.24, 2.45) is 0 Å². The van der Waals surface area contributed by atoms with Gasteiger partial charge in [0, 0.05) is 25.5 Å². The molecule has 3 amide bonds. The molecule has 0 unspecified atom stereocenters. The lowest BCUT2D eigenvalue weighted by molar-refractivity contribution is 0.00705. The first-order valence-corrected chi connectivity index (χ1v) is 13.0. The summed E-state index contributed by atoms with van der Waals surface area (Å²) in [6.07, 6.45) is 10.1. The normalized spacial score (nSPS) is 11.1. The maximum atomic E-state index is 13.0. The van der Waals surface area contributed by atoms with Crippen LogP contribution < -0.4 is 16.0 Å². The van der Waals surface area contributed by atoms with Crippen LogP contribution in [0.1, 0.15) is 97.4 Å². The number of nitrogens with one attached hydrogen (secondary N) is 3. The Morgan fingerprint density at radius 2 is 1.66 bits per heavy atom. The first-order valence-electron chi connectivity index (χ1n) is 12.2. The lowest BCUT2D eigenvalue weighted by Gasteiger charge is -2.20. The summed E-state index contributed by atoms with van der Waals surface area (Å²) in [7, 11) is 0. The topological polar surface area (TPSA) is 109 Å². The maximum absolute atomic E-state index is 13.0. The molecule has 0 aromatic carbocycles. The van der Waals surface area contributed by atoms with Crippen LogP contribution in [-0.2, 0) is 11.3 Å². The average molecular weight is 503 g/mol. The van der Waals surface area contributed by atoms with Gasteiger partial charge in [-0.25, -0.2) is 9.59 Å². The van der Waals surface area contributed by atoms with Gasteiger partial charge >= 0.3 is 12.0 Å². The quantitative estimate of drug-likeness (QED) is 0.250. The summed E-state index contributed by atoms with van der Waals surface area (Å²) in [5, 5.41) is 8.76. The Hall–Kier alpha value is -2.94. The molecular weight excluding hydrogens is 464 g/mol. The van der Waals surface area contributed by atoms with E-state index in [0.717, 1.165) is 36.2 Å². The van der Waals surface area contributed by atoms with Crippen LogP contribution in [0.2, 0.25) is 0 Å². The van der Waals surface area contributed by atoms with Gasteiger partial charge in [-0.15, -0.1) is 11.3 Å². The maximum Gasteiger partial charge on any atom is 0.341 e. The summed E-state index contributed by atoms with van der Waals surface area (Å²) >= 11 is 1.07. The molecule has 3 N–H and O–H groups in total. The summed E-state index contributed by atoms with van der Waals surface area (Å²) in [6, 6.07) is 3.22. The van der Waals surface area contributed by atoms with E-state index in [1.807, 2.05) is 12.1 Å². The van der Waals surface area contributed by atoms with Crippen molar-refractivity contribution < 1.29 is 19.1 Å². The van der Waals surface area contributed by atoms with Crippen molar-refractivity contribution in [2.75, 3.05) is 11.9 Å². The van der Waals surface area contributed by atoms with Crippen molar-refractivity contribution in [3.63, 3.8) is 0 Å². The molecule has 0 atom stereocenters. The van der Waals surface area contributed by atoms with Crippen LogP contribution in [0.15, 0.2) is 24.5 Å². The van der Waals surface area contributed by atoms with Crippen LogP contribution in [0.5, 0.6) is 0 Å². The number of ether oxygens (including phenoxy) is 1. The van der Waals surface area contributed by atoms with E-state index < -0.39 is 17.6 Å². The second kappa shape index (κ2) is 13.8. The largest absolute Gasteiger partial charge is 0.456 e. The minimum Gasteiger partial charge on any atom is -0.456 e. The van der Waals surface area contributed by atoms with Gasteiger partial charge in [-0.05, 0) is 57.4 Å². The van der Waals surface area contributed by atoms with Gasteiger partial charge in [-0.1, -0.05) is 39.0 Å². The third kappa shape index (κ3) is 9.68. The van der Waals surface area contributed by atoms with Crippen molar-refractivity contribution >= 4 is 34.2 Å². The van der Waals surface area contributed by atoms with E-state index in [9.17, 15) is 14.4 Å². The third-order valence-electron chi connectivity index (χ3n) is 5.20. The zero-order valence-corrected chi connectivity index (χ0v) is 22.3. The lowest BCUT2D eigenvalue weighted by atomic mass is 10.1. The van der Waals surface area contributed by atoms with Gasteiger partial charge in [0.1, 0.15) is 10.6 Å². The van der Waals surface area contributed by atoms with Crippen molar-refractivity contribution in [1.82, 2.24) is 15.6 Å². The molecule has 0 fully saturated rings. The van der Waals surface area contributed by atoms with Gasteiger partial charge < -0.3 is 15.4 Å². The number of amides is 3. The molecule has 0 radical (unpaired) electrons. The van der Waals surface area contributed by atoms with Crippen LogP contribution in [0.4, 0.5) is 9.80 Å². The molecule has 0 saturated carbocycles. The smallest absolute Gasteiger partial charge is 0.341 e. The van der Waals surface area contributed by atoms with Crippen molar-refractivity contribution in [3.8, 4) is 0 Å². The number of unbranched alkanes of at least 4 members (excludes halogenated alkanes) is 5. The molecule has 0 saturated heterocycles. The van der Waals surface area contributed by atoms with Gasteiger partial charge in [0.25, 0.3) is 5.91 Å². The molecule has 9 heteroatoms. The number of urea groups is 1. The summed E-state index contributed by atoms with van der Waals surface area (Å²) < 4.78 is 5.55. The highest BCUT2D eigenvalue weighted by molar-refractivity contribution is 7.18. The number of carbonyl (C=O) groups excluding carboxylic acids is 3. The molecule has 8 nitrogen and oxygen atoms in total. The molecule has 0 spiro atoms. The number of anilines is 1. The molecular formula is C26H38N4O4S. The summed E-state index contributed by atoms with van der Waals surface area (Å²) in [6.45, 7) is 10.1. The Balaban J connectivity index is 2.10. The number of carbonyl (C=O) groups is 3.